The van der Waals surface area contributed by atoms with Crippen molar-refractivity contribution in [3.63, 3.8) is 0 Å². The van der Waals surface area contributed by atoms with Gasteiger partial charge < -0.3 is 9.67 Å². The molecule has 1 heterocycles. The Kier molecular flexibility index (Phi) is 3.48. The van der Waals surface area contributed by atoms with Crippen LogP contribution in [0.4, 0.5) is 0 Å². The summed E-state index contributed by atoms with van der Waals surface area (Å²) in [6.45, 7) is 1.41. The van der Waals surface area contributed by atoms with Crippen molar-refractivity contribution in [3.05, 3.63) is 12.5 Å². The van der Waals surface area contributed by atoms with E-state index in [4.69, 9.17) is 5.11 Å². The molecule has 1 N–H and O–H groups in total. The van der Waals surface area contributed by atoms with Gasteiger partial charge in [0, 0.05) is 26.3 Å². The van der Waals surface area contributed by atoms with E-state index in [-0.39, 0.29) is 11.6 Å². The third-order valence-corrected chi connectivity index (χ3v) is 4.07. The molecule has 0 aliphatic heterocycles. The van der Waals surface area contributed by atoms with Gasteiger partial charge in [-0.1, -0.05) is 0 Å². The Labute approximate surface area is 89.2 Å². The predicted octanol–water partition coefficient (Wildman–Crippen LogP) is -0.579. The van der Waals surface area contributed by atoms with E-state index in [1.807, 2.05) is 0 Å². The predicted molar refractivity (Wildman–Crippen MR) is 54.7 cm³/mol. The fourth-order valence-corrected chi connectivity index (χ4v) is 2.34. The van der Waals surface area contributed by atoms with Crippen LogP contribution >= 0.6 is 0 Å². The summed E-state index contributed by atoms with van der Waals surface area (Å²) >= 11 is 0. The van der Waals surface area contributed by atoms with Crippen LogP contribution in [0.15, 0.2) is 17.6 Å². The molecule has 0 bridgehead atoms. The summed E-state index contributed by atoms with van der Waals surface area (Å²) < 4.78 is 26.4. The molecule has 0 spiro atoms. The number of rotatable bonds is 4. The topological polar surface area (TPSA) is 75.4 Å². The third kappa shape index (κ3) is 2.36. The van der Waals surface area contributed by atoms with Crippen molar-refractivity contribution >= 4 is 10.0 Å². The zero-order chi connectivity index (χ0) is 11.6. The first-order valence-electron chi connectivity index (χ1n) is 4.46. The maximum atomic E-state index is 11.9. The van der Waals surface area contributed by atoms with E-state index in [1.54, 1.807) is 18.5 Å². The van der Waals surface area contributed by atoms with Crippen molar-refractivity contribution in [3.8, 4) is 0 Å². The molecule has 0 fully saturated rings. The van der Waals surface area contributed by atoms with Crippen LogP contribution in [-0.4, -0.2) is 47.1 Å². The molecular formula is C8H15N3O3S. The van der Waals surface area contributed by atoms with Crippen molar-refractivity contribution in [2.45, 2.75) is 18.0 Å². The van der Waals surface area contributed by atoms with Crippen LogP contribution in [0.5, 0.6) is 0 Å². The first-order valence-corrected chi connectivity index (χ1v) is 5.90. The number of imidazole rings is 1. The molecule has 1 unspecified atom stereocenters. The minimum atomic E-state index is -3.59. The first-order chi connectivity index (χ1) is 6.89. The van der Waals surface area contributed by atoms with Crippen molar-refractivity contribution in [1.82, 2.24) is 13.9 Å². The lowest BCUT2D eigenvalue weighted by atomic mass is 10.4. The Bertz CT molecular complexity index is 426. The van der Waals surface area contributed by atoms with Crippen LogP contribution in [0.25, 0.3) is 0 Å². The zero-order valence-electron chi connectivity index (χ0n) is 8.95. The lowest BCUT2D eigenvalue weighted by Crippen LogP contribution is -2.37. The number of aliphatic hydroxyl groups is 1. The highest BCUT2D eigenvalue weighted by atomic mass is 32.2. The second kappa shape index (κ2) is 4.30. The van der Waals surface area contributed by atoms with Crippen LogP contribution in [-0.2, 0) is 17.1 Å². The molecule has 7 heteroatoms. The van der Waals surface area contributed by atoms with Crippen molar-refractivity contribution in [1.29, 1.82) is 0 Å². The molecule has 15 heavy (non-hydrogen) atoms. The van der Waals surface area contributed by atoms with Crippen molar-refractivity contribution < 1.29 is 13.5 Å². The van der Waals surface area contributed by atoms with Gasteiger partial charge in [-0.25, -0.2) is 13.4 Å². The number of aromatic nitrogens is 2. The van der Waals surface area contributed by atoms with Gasteiger partial charge in [0.15, 0.2) is 5.03 Å². The summed E-state index contributed by atoms with van der Waals surface area (Å²) in [5.74, 6) is 0. The van der Waals surface area contributed by atoms with E-state index in [9.17, 15) is 8.42 Å². The van der Waals surface area contributed by atoms with E-state index < -0.39 is 16.1 Å². The van der Waals surface area contributed by atoms with E-state index >= 15 is 0 Å². The molecule has 0 aliphatic carbocycles. The molecule has 1 aromatic rings. The number of nitrogens with zero attached hydrogens (tertiary/aromatic N) is 3. The van der Waals surface area contributed by atoms with Crippen molar-refractivity contribution in [2.75, 3.05) is 13.7 Å². The highest BCUT2D eigenvalue weighted by Crippen LogP contribution is 2.13. The van der Waals surface area contributed by atoms with Crippen LogP contribution in [0.2, 0.25) is 0 Å². The Hall–Kier alpha value is -0.920. The fraction of sp³-hybridized carbons (Fsp3) is 0.625. The standard InChI is InChI=1S/C8H15N3O3S/c1-7(5-12)11(3)15(13,14)8-4-10(2)6-9-8/h4,6-7,12H,5H2,1-3H3. The summed E-state index contributed by atoms with van der Waals surface area (Å²) in [6, 6.07) is -0.461. The Morgan fingerprint density at radius 1 is 1.67 bits per heavy atom. The molecule has 1 rings (SSSR count). The van der Waals surface area contributed by atoms with Gasteiger partial charge >= 0.3 is 0 Å². The van der Waals surface area contributed by atoms with E-state index in [0.29, 0.717) is 0 Å². The highest BCUT2D eigenvalue weighted by molar-refractivity contribution is 7.89. The van der Waals surface area contributed by atoms with Crippen LogP contribution < -0.4 is 0 Å². The van der Waals surface area contributed by atoms with E-state index in [2.05, 4.69) is 4.98 Å². The Balaban J connectivity index is 3.03. The molecule has 1 atom stereocenters. The highest BCUT2D eigenvalue weighted by Gasteiger charge is 2.26. The van der Waals surface area contributed by atoms with Crippen LogP contribution in [0, 0.1) is 0 Å². The molecule has 6 nitrogen and oxygen atoms in total. The monoisotopic (exact) mass is 233 g/mol. The number of sulfonamides is 1. The lowest BCUT2D eigenvalue weighted by Gasteiger charge is -2.21. The molecule has 0 aliphatic rings. The fourth-order valence-electron chi connectivity index (χ4n) is 1.02. The maximum absolute atomic E-state index is 11.9. The van der Waals surface area contributed by atoms with Crippen LogP contribution in [0.1, 0.15) is 6.92 Å². The van der Waals surface area contributed by atoms with E-state index in [1.165, 1.54) is 19.6 Å². The normalized spacial score (nSPS) is 14.5. The quantitative estimate of drug-likeness (QED) is 0.755. The summed E-state index contributed by atoms with van der Waals surface area (Å²) in [6.07, 6.45) is 2.85. The van der Waals surface area contributed by atoms with Gasteiger partial charge in [-0.2, -0.15) is 4.31 Å². The molecule has 1 aromatic heterocycles. The maximum Gasteiger partial charge on any atom is 0.262 e. The summed E-state index contributed by atoms with van der Waals surface area (Å²) in [5.41, 5.74) is 0. The molecule has 0 saturated heterocycles. The van der Waals surface area contributed by atoms with Gasteiger partial charge in [0.2, 0.25) is 0 Å². The number of hydrogen-bond acceptors (Lipinski definition) is 4. The minimum absolute atomic E-state index is 0.00667. The second-order valence-corrected chi connectivity index (χ2v) is 5.37. The number of aryl methyl sites for hydroxylation is 1. The molecule has 0 saturated carbocycles. The number of hydrogen-bond donors (Lipinski definition) is 1. The largest absolute Gasteiger partial charge is 0.395 e. The van der Waals surface area contributed by atoms with Crippen LogP contribution in [0.3, 0.4) is 0 Å². The molecule has 0 aromatic carbocycles. The Morgan fingerprint density at radius 3 is 2.67 bits per heavy atom. The van der Waals surface area contributed by atoms with E-state index in [0.717, 1.165) is 4.31 Å². The van der Waals surface area contributed by atoms with Gasteiger partial charge in [0.05, 0.1) is 12.9 Å². The molecule has 0 radical (unpaired) electrons. The average Bonchev–Trinajstić information content (AvgIpc) is 2.63. The van der Waals surface area contributed by atoms with Gasteiger partial charge in [0.1, 0.15) is 0 Å². The van der Waals surface area contributed by atoms with Crippen molar-refractivity contribution in [2.24, 2.45) is 7.05 Å². The summed E-state index contributed by atoms with van der Waals surface area (Å²) in [7, 11) is -0.471. The molecule has 0 amide bonds. The molecule has 86 valence electrons. The van der Waals surface area contributed by atoms with Gasteiger partial charge in [-0.3, -0.25) is 0 Å². The molecular weight excluding hydrogens is 218 g/mol. The summed E-state index contributed by atoms with van der Waals surface area (Å²) in [5, 5.41) is 8.88. The zero-order valence-corrected chi connectivity index (χ0v) is 9.77. The third-order valence-electron chi connectivity index (χ3n) is 2.21. The minimum Gasteiger partial charge on any atom is -0.395 e. The number of aliphatic hydroxyl groups excluding tert-OH is 1. The lowest BCUT2D eigenvalue weighted by molar-refractivity contribution is 0.213. The van der Waals surface area contributed by atoms with Gasteiger partial charge in [0.25, 0.3) is 10.0 Å². The van der Waals surface area contributed by atoms with Gasteiger partial charge in [-0.15, -0.1) is 0 Å². The Morgan fingerprint density at radius 2 is 2.27 bits per heavy atom. The second-order valence-electron chi connectivity index (χ2n) is 3.43. The smallest absolute Gasteiger partial charge is 0.262 e. The number of likely N-dealkylation sites (N-methyl/N-ethyl adjacent to an activating group) is 1. The summed E-state index contributed by atoms with van der Waals surface area (Å²) in [4.78, 5) is 3.78. The first kappa shape index (κ1) is 12.2. The SMILES string of the molecule is CC(CO)N(C)S(=O)(=O)c1cn(C)cn1. The van der Waals surface area contributed by atoms with Gasteiger partial charge in [-0.05, 0) is 6.92 Å². The average molecular weight is 233 g/mol.